The van der Waals surface area contributed by atoms with E-state index in [9.17, 15) is 9.59 Å². The van der Waals surface area contributed by atoms with Crippen molar-refractivity contribution in [3.63, 3.8) is 0 Å². The van der Waals surface area contributed by atoms with E-state index in [1.54, 1.807) is 11.8 Å². The SMILES string of the molecule is CC(=O)N[C@@H](C)C(=O)N1Cc2cc(C)ccc2O[C@@H](C)C1. The van der Waals surface area contributed by atoms with E-state index in [4.69, 9.17) is 4.74 Å². The van der Waals surface area contributed by atoms with Crippen LogP contribution >= 0.6 is 0 Å². The van der Waals surface area contributed by atoms with Gasteiger partial charge < -0.3 is 15.0 Å². The van der Waals surface area contributed by atoms with Crippen LogP contribution in [0, 0.1) is 6.92 Å². The molecule has 1 aliphatic heterocycles. The molecule has 0 saturated carbocycles. The van der Waals surface area contributed by atoms with Crippen LogP contribution in [0.15, 0.2) is 18.2 Å². The van der Waals surface area contributed by atoms with Gasteiger partial charge in [0.2, 0.25) is 11.8 Å². The fourth-order valence-electron chi connectivity index (χ4n) is 2.59. The monoisotopic (exact) mass is 290 g/mol. The first kappa shape index (κ1) is 15.4. The van der Waals surface area contributed by atoms with E-state index in [1.807, 2.05) is 32.0 Å². The molecule has 1 aliphatic rings. The number of aryl methyl sites for hydroxylation is 1. The number of nitrogens with one attached hydrogen (secondary N) is 1. The van der Waals surface area contributed by atoms with Crippen molar-refractivity contribution in [1.29, 1.82) is 0 Å². The number of amides is 2. The van der Waals surface area contributed by atoms with E-state index in [0.717, 1.165) is 16.9 Å². The number of rotatable bonds is 2. The van der Waals surface area contributed by atoms with E-state index in [0.29, 0.717) is 13.1 Å². The minimum absolute atomic E-state index is 0.0811. The second kappa shape index (κ2) is 6.16. The minimum atomic E-state index is -0.527. The highest BCUT2D eigenvalue weighted by molar-refractivity contribution is 5.86. The molecule has 21 heavy (non-hydrogen) atoms. The van der Waals surface area contributed by atoms with Crippen molar-refractivity contribution < 1.29 is 14.3 Å². The minimum Gasteiger partial charge on any atom is -0.489 e. The lowest BCUT2D eigenvalue weighted by Crippen LogP contribution is -2.47. The molecule has 2 atom stereocenters. The number of hydrogen-bond acceptors (Lipinski definition) is 3. The number of nitrogens with zero attached hydrogens (tertiary/aromatic N) is 1. The smallest absolute Gasteiger partial charge is 0.245 e. The zero-order chi connectivity index (χ0) is 15.6. The first-order valence-electron chi connectivity index (χ1n) is 7.19. The Morgan fingerprint density at radius 3 is 2.81 bits per heavy atom. The summed E-state index contributed by atoms with van der Waals surface area (Å²) in [6.45, 7) is 8.09. The van der Waals surface area contributed by atoms with Gasteiger partial charge in [0.25, 0.3) is 0 Å². The highest BCUT2D eigenvalue weighted by Crippen LogP contribution is 2.26. The largest absolute Gasteiger partial charge is 0.489 e. The van der Waals surface area contributed by atoms with Gasteiger partial charge in [0.15, 0.2) is 0 Å². The summed E-state index contributed by atoms with van der Waals surface area (Å²) in [5.74, 6) is 0.539. The normalized spacial score (nSPS) is 19.0. The lowest BCUT2D eigenvalue weighted by atomic mass is 10.1. The van der Waals surface area contributed by atoms with Crippen molar-refractivity contribution in [2.45, 2.75) is 46.4 Å². The van der Waals surface area contributed by atoms with Crippen LogP contribution in [0.2, 0.25) is 0 Å². The molecule has 2 rings (SSSR count). The number of hydrogen-bond donors (Lipinski definition) is 1. The number of carbonyl (C=O) groups excluding carboxylic acids is 2. The first-order chi connectivity index (χ1) is 9.86. The van der Waals surface area contributed by atoms with Crippen LogP contribution in [-0.4, -0.2) is 35.4 Å². The summed E-state index contributed by atoms with van der Waals surface area (Å²) in [4.78, 5) is 25.3. The lowest BCUT2D eigenvalue weighted by molar-refractivity contribution is -0.136. The number of fused-ring (bicyclic) bond motifs is 1. The van der Waals surface area contributed by atoms with Gasteiger partial charge in [0.1, 0.15) is 17.9 Å². The Kier molecular flexibility index (Phi) is 4.50. The maximum Gasteiger partial charge on any atom is 0.245 e. The van der Waals surface area contributed by atoms with Gasteiger partial charge in [-0.1, -0.05) is 17.7 Å². The van der Waals surface area contributed by atoms with Gasteiger partial charge in [-0.15, -0.1) is 0 Å². The van der Waals surface area contributed by atoms with Crippen molar-refractivity contribution >= 4 is 11.8 Å². The third-order valence-corrected chi connectivity index (χ3v) is 3.48. The average Bonchev–Trinajstić information content (AvgIpc) is 2.54. The molecule has 1 heterocycles. The molecule has 2 amide bonds. The van der Waals surface area contributed by atoms with Gasteiger partial charge in [0.05, 0.1) is 6.54 Å². The molecule has 0 aromatic heterocycles. The maximum atomic E-state index is 12.5. The number of ether oxygens (including phenoxy) is 1. The molecule has 0 saturated heterocycles. The van der Waals surface area contributed by atoms with Crippen molar-refractivity contribution in [3.05, 3.63) is 29.3 Å². The molecule has 1 aromatic carbocycles. The fourth-order valence-corrected chi connectivity index (χ4v) is 2.59. The highest BCUT2D eigenvalue weighted by atomic mass is 16.5. The van der Waals surface area contributed by atoms with E-state index in [1.165, 1.54) is 6.92 Å². The quantitative estimate of drug-likeness (QED) is 0.900. The van der Waals surface area contributed by atoms with Gasteiger partial charge in [-0.3, -0.25) is 9.59 Å². The van der Waals surface area contributed by atoms with Crippen molar-refractivity contribution in [1.82, 2.24) is 10.2 Å². The summed E-state index contributed by atoms with van der Waals surface area (Å²) in [6, 6.07) is 5.47. The molecule has 1 aromatic rings. The average molecular weight is 290 g/mol. The van der Waals surface area contributed by atoms with Gasteiger partial charge in [0, 0.05) is 19.0 Å². The van der Waals surface area contributed by atoms with E-state index in [-0.39, 0.29) is 17.9 Å². The van der Waals surface area contributed by atoms with Gasteiger partial charge in [-0.2, -0.15) is 0 Å². The molecule has 0 bridgehead atoms. The Hall–Kier alpha value is -2.04. The van der Waals surface area contributed by atoms with Crippen molar-refractivity contribution in [2.75, 3.05) is 6.54 Å². The lowest BCUT2D eigenvalue weighted by Gasteiger charge is -2.25. The van der Waals surface area contributed by atoms with Crippen molar-refractivity contribution in [3.8, 4) is 5.75 Å². The molecule has 114 valence electrons. The Morgan fingerprint density at radius 1 is 1.43 bits per heavy atom. The Morgan fingerprint density at radius 2 is 2.14 bits per heavy atom. The molecular weight excluding hydrogens is 268 g/mol. The van der Waals surface area contributed by atoms with Crippen LogP contribution in [0.25, 0.3) is 0 Å². The number of carbonyl (C=O) groups is 2. The summed E-state index contributed by atoms with van der Waals surface area (Å²) in [5.41, 5.74) is 2.14. The van der Waals surface area contributed by atoms with Crippen LogP contribution < -0.4 is 10.1 Å². The van der Waals surface area contributed by atoms with Gasteiger partial charge in [-0.25, -0.2) is 0 Å². The fraction of sp³-hybridized carbons (Fsp3) is 0.500. The molecule has 0 aliphatic carbocycles. The molecule has 5 nitrogen and oxygen atoms in total. The molecule has 0 unspecified atom stereocenters. The standard InChI is InChI=1S/C16H22N2O3/c1-10-5-6-15-14(7-10)9-18(8-11(2)21-15)16(20)12(3)17-13(4)19/h5-7,11-12H,8-9H2,1-4H3,(H,17,19)/t11-,12-/m0/s1. The molecular formula is C16H22N2O3. The third kappa shape index (κ3) is 3.74. The van der Waals surface area contributed by atoms with Crippen LogP contribution in [-0.2, 0) is 16.1 Å². The zero-order valence-electron chi connectivity index (χ0n) is 13.0. The maximum absolute atomic E-state index is 12.5. The van der Waals surface area contributed by atoms with Crippen LogP contribution in [0.4, 0.5) is 0 Å². The van der Waals surface area contributed by atoms with Crippen LogP contribution in [0.3, 0.4) is 0 Å². The van der Waals surface area contributed by atoms with Gasteiger partial charge in [-0.05, 0) is 26.8 Å². The first-order valence-corrected chi connectivity index (χ1v) is 7.19. The van der Waals surface area contributed by atoms with E-state index in [2.05, 4.69) is 5.32 Å². The highest BCUT2D eigenvalue weighted by Gasteiger charge is 2.27. The summed E-state index contributed by atoms with van der Waals surface area (Å²) in [6.07, 6.45) is -0.0811. The summed E-state index contributed by atoms with van der Waals surface area (Å²) in [7, 11) is 0. The number of benzene rings is 1. The Labute approximate surface area is 125 Å². The topological polar surface area (TPSA) is 58.6 Å². The molecule has 0 radical (unpaired) electrons. The van der Waals surface area contributed by atoms with E-state index >= 15 is 0 Å². The second-order valence-electron chi connectivity index (χ2n) is 5.68. The summed E-state index contributed by atoms with van der Waals surface area (Å²) >= 11 is 0. The second-order valence-corrected chi connectivity index (χ2v) is 5.68. The van der Waals surface area contributed by atoms with Crippen molar-refractivity contribution in [2.24, 2.45) is 0 Å². The predicted octanol–water partition coefficient (Wildman–Crippen LogP) is 1.63. The van der Waals surface area contributed by atoms with Gasteiger partial charge >= 0.3 is 0 Å². The summed E-state index contributed by atoms with van der Waals surface area (Å²) < 4.78 is 5.87. The zero-order valence-corrected chi connectivity index (χ0v) is 13.0. The van der Waals surface area contributed by atoms with Crippen LogP contribution in [0.1, 0.15) is 31.9 Å². The predicted molar refractivity (Wildman–Crippen MR) is 80.0 cm³/mol. The molecule has 1 N–H and O–H groups in total. The summed E-state index contributed by atoms with van der Waals surface area (Å²) in [5, 5.41) is 2.64. The molecule has 0 spiro atoms. The van der Waals surface area contributed by atoms with Crippen LogP contribution in [0.5, 0.6) is 5.75 Å². The Bertz CT molecular complexity index is 556. The molecule has 0 fully saturated rings. The molecule has 5 heteroatoms. The van der Waals surface area contributed by atoms with E-state index < -0.39 is 6.04 Å². The Balaban J connectivity index is 2.21. The third-order valence-electron chi connectivity index (χ3n) is 3.48.